The molecule has 0 aliphatic rings. The predicted octanol–water partition coefficient (Wildman–Crippen LogP) is 1.87. The molecule has 0 bridgehead atoms. The van der Waals surface area contributed by atoms with Gasteiger partial charge in [-0.3, -0.25) is 0 Å². The predicted molar refractivity (Wildman–Crippen MR) is 68.9 cm³/mol. The summed E-state index contributed by atoms with van der Waals surface area (Å²) in [6.07, 6.45) is 0. The zero-order chi connectivity index (χ0) is 14.9. The second-order valence-electron chi connectivity index (χ2n) is 4.39. The quantitative estimate of drug-likeness (QED) is 0.931. The van der Waals surface area contributed by atoms with Crippen LogP contribution in [-0.4, -0.2) is 18.6 Å². The first kappa shape index (κ1) is 14.6. The molecule has 0 fully saturated rings. The monoisotopic (exact) mass is 299 g/mol. The Kier molecular flexibility index (Phi) is 3.87. The van der Waals surface area contributed by atoms with Gasteiger partial charge in [0.2, 0.25) is 15.9 Å². The molecule has 0 radical (unpaired) electrons. The van der Waals surface area contributed by atoms with Gasteiger partial charge >= 0.3 is 0 Å². The van der Waals surface area contributed by atoms with Gasteiger partial charge in [0.1, 0.15) is 5.82 Å². The third-order valence-corrected chi connectivity index (χ3v) is 4.44. The molecule has 20 heavy (non-hydrogen) atoms. The highest BCUT2D eigenvalue weighted by Gasteiger charge is 2.24. The van der Waals surface area contributed by atoms with Crippen molar-refractivity contribution in [3.8, 4) is 0 Å². The van der Waals surface area contributed by atoms with E-state index >= 15 is 0 Å². The van der Waals surface area contributed by atoms with Crippen LogP contribution in [0, 0.1) is 19.7 Å². The Hall–Kier alpha value is -1.80. The van der Waals surface area contributed by atoms with Gasteiger partial charge in [0.05, 0.1) is 10.9 Å². The van der Waals surface area contributed by atoms with Gasteiger partial charge in [-0.1, -0.05) is 11.2 Å². The van der Waals surface area contributed by atoms with E-state index in [4.69, 9.17) is 4.52 Å². The van der Waals surface area contributed by atoms with Crippen LogP contribution in [0.3, 0.4) is 0 Å². The lowest BCUT2D eigenvalue weighted by Gasteiger charge is -2.12. The number of aryl methyl sites for hydroxylation is 1. The molecule has 0 saturated heterocycles. The number of hydrogen-bond donors (Lipinski definition) is 1. The first-order chi connectivity index (χ1) is 9.31. The van der Waals surface area contributed by atoms with Crippen molar-refractivity contribution >= 4 is 10.0 Å². The van der Waals surface area contributed by atoms with Gasteiger partial charge in [0.15, 0.2) is 5.82 Å². The Morgan fingerprint density at radius 1 is 1.35 bits per heavy atom. The molecule has 0 amide bonds. The Bertz CT molecular complexity index is 727. The Balaban J connectivity index is 2.30. The molecule has 1 N–H and O–H groups in total. The maximum Gasteiger partial charge on any atom is 0.244 e. The Labute approximate surface area is 116 Å². The van der Waals surface area contributed by atoms with Crippen LogP contribution >= 0.6 is 0 Å². The SMILES string of the molecule is Cc1noc([C@@H](C)NS(=O)(=O)c2cccc(F)c2C)n1. The normalized spacial score (nSPS) is 13.4. The fraction of sp³-hybridized carbons (Fsp3) is 0.333. The summed E-state index contributed by atoms with van der Waals surface area (Å²) in [5, 5.41) is 3.59. The average Bonchev–Trinajstić information content (AvgIpc) is 2.79. The zero-order valence-electron chi connectivity index (χ0n) is 11.2. The van der Waals surface area contributed by atoms with Crippen LogP contribution in [-0.2, 0) is 10.0 Å². The highest BCUT2D eigenvalue weighted by atomic mass is 32.2. The smallest absolute Gasteiger partial charge is 0.244 e. The van der Waals surface area contributed by atoms with Crippen molar-refractivity contribution in [2.45, 2.75) is 31.7 Å². The van der Waals surface area contributed by atoms with Crippen molar-refractivity contribution in [2.75, 3.05) is 0 Å². The molecule has 6 nitrogen and oxygen atoms in total. The lowest BCUT2D eigenvalue weighted by molar-refractivity contribution is 0.350. The summed E-state index contributed by atoms with van der Waals surface area (Å²) in [6, 6.07) is 3.19. The van der Waals surface area contributed by atoms with Gasteiger partial charge in [-0.05, 0) is 32.9 Å². The van der Waals surface area contributed by atoms with Crippen LogP contribution in [0.15, 0.2) is 27.6 Å². The number of nitrogens with zero attached hydrogens (tertiary/aromatic N) is 2. The van der Waals surface area contributed by atoms with E-state index in [2.05, 4.69) is 14.9 Å². The summed E-state index contributed by atoms with van der Waals surface area (Å²) in [4.78, 5) is 3.84. The summed E-state index contributed by atoms with van der Waals surface area (Å²) in [5.41, 5.74) is 0.0638. The summed E-state index contributed by atoms with van der Waals surface area (Å²) >= 11 is 0. The largest absolute Gasteiger partial charge is 0.338 e. The third kappa shape index (κ3) is 2.86. The Morgan fingerprint density at radius 3 is 2.65 bits per heavy atom. The molecule has 1 aromatic heterocycles. The fourth-order valence-corrected chi connectivity index (χ4v) is 3.17. The Morgan fingerprint density at radius 2 is 2.05 bits per heavy atom. The molecule has 1 heterocycles. The average molecular weight is 299 g/mol. The van der Waals surface area contributed by atoms with Crippen molar-refractivity contribution in [2.24, 2.45) is 0 Å². The summed E-state index contributed by atoms with van der Waals surface area (Å²) in [5.74, 6) is -0.0118. The van der Waals surface area contributed by atoms with Crippen LogP contribution in [0.2, 0.25) is 0 Å². The maximum absolute atomic E-state index is 13.4. The van der Waals surface area contributed by atoms with E-state index < -0.39 is 21.9 Å². The molecule has 0 aliphatic heterocycles. The van der Waals surface area contributed by atoms with E-state index in [1.165, 1.54) is 25.1 Å². The molecule has 8 heteroatoms. The minimum Gasteiger partial charge on any atom is -0.338 e. The first-order valence-electron chi connectivity index (χ1n) is 5.89. The number of halogens is 1. The van der Waals surface area contributed by atoms with Crippen molar-refractivity contribution in [1.29, 1.82) is 0 Å². The fourth-order valence-electron chi connectivity index (χ4n) is 1.71. The highest BCUT2D eigenvalue weighted by Crippen LogP contribution is 2.20. The molecule has 0 saturated carbocycles. The maximum atomic E-state index is 13.4. The van der Waals surface area contributed by atoms with E-state index in [1.807, 2.05) is 0 Å². The van der Waals surface area contributed by atoms with Crippen molar-refractivity contribution in [1.82, 2.24) is 14.9 Å². The number of sulfonamides is 1. The molecule has 0 aliphatic carbocycles. The van der Waals surface area contributed by atoms with E-state index in [0.29, 0.717) is 5.82 Å². The lowest BCUT2D eigenvalue weighted by atomic mass is 10.2. The molecule has 2 aromatic rings. The molecule has 1 atom stereocenters. The second-order valence-corrected chi connectivity index (χ2v) is 6.07. The van der Waals surface area contributed by atoms with E-state index in [0.717, 1.165) is 0 Å². The van der Waals surface area contributed by atoms with Gasteiger partial charge in [0, 0.05) is 5.56 Å². The number of nitrogens with one attached hydrogen (secondary N) is 1. The van der Waals surface area contributed by atoms with E-state index in [-0.39, 0.29) is 16.3 Å². The van der Waals surface area contributed by atoms with Crippen LogP contribution in [0.1, 0.15) is 30.2 Å². The van der Waals surface area contributed by atoms with Gasteiger partial charge in [-0.15, -0.1) is 0 Å². The van der Waals surface area contributed by atoms with Crippen molar-refractivity contribution in [3.63, 3.8) is 0 Å². The first-order valence-corrected chi connectivity index (χ1v) is 7.37. The minimum atomic E-state index is -3.87. The van der Waals surface area contributed by atoms with Gasteiger partial charge < -0.3 is 4.52 Å². The van der Waals surface area contributed by atoms with Gasteiger partial charge in [-0.25, -0.2) is 12.8 Å². The number of aromatic nitrogens is 2. The highest BCUT2D eigenvalue weighted by molar-refractivity contribution is 7.89. The molecular formula is C12H14FN3O3S. The minimum absolute atomic E-state index is 0.0638. The van der Waals surface area contributed by atoms with Gasteiger partial charge in [0.25, 0.3) is 0 Å². The van der Waals surface area contributed by atoms with Crippen LogP contribution in [0.4, 0.5) is 4.39 Å². The van der Waals surface area contributed by atoms with E-state index in [9.17, 15) is 12.8 Å². The third-order valence-electron chi connectivity index (χ3n) is 2.75. The van der Waals surface area contributed by atoms with Gasteiger partial charge in [-0.2, -0.15) is 9.71 Å². The standard InChI is InChI=1S/C12H14FN3O3S/c1-7-10(13)5-4-6-11(7)20(17,18)16-8(2)12-14-9(3)15-19-12/h4-6,8,16H,1-3H3/t8-/m1/s1. The lowest BCUT2D eigenvalue weighted by Crippen LogP contribution is -2.28. The molecule has 0 unspecified atom stereocenters. The molecule has 108 valence electrons. The number of rotatable bonds is 4. The van der Waals surface area contributed by atoms with Crippen LogP contribution < -0.4 is 4.72 Å². The molecule has 1 aromatic carbocycles. The number of benzene rings is 1. The molecule has 0 spiro atoms. The number of hydrogen-bond acceptors (Lipinski definition) is 5. The zero-order valence-corrected chi connectivity index (χ0v) is 12.0. The summed E-state index contributed by atoms with van der Waals surface area (Å²) in [7, 11) is -3.87. The second kappa shape index (κ2) is 5.29. The van der Waals surface area contributed by atoms with Crippen LogP contribution in [0.25, 0.3) is 0 Å². The van der Waals surface area contributed by atoms with Crippen molar-refractivity contribution < 1.29 is 17.3 Å². The van der Waals surface area contributed by atoms with Crippen LogP contribution in [0.5, 0.6) is 0 Å². The topological polar surface area (TPSA) is 85.1 Å². The summed E-state index contributed by atoms with van der Waals surface area (Å²) < 4.78 is 45.2. The molecule has 2 rings (SSSR count). The van der Waals surface area contributed by atoms with Crippen molar-refractivity contribution in [3.05, 3.63) is 41.3 Å². The van der Waals surface area contributed by atoms with E-state index in [1.54, 1.807) is 13.8 Å². The molecular weight excluding hydrogens is 285 g/mol. The summed E-state index contributed by atoms with van der Waals surface area (Å²) in [6.45, 7) is 4.61.